The normalized spacial score (nSPS) is 25.8. The highest BCUT2D eigenvalue weighted by Gasteiger charge is 2.46. The Kier molecular flexibility index (Phi) is 5.13. The van der Waals surface area contributed by atoms with E-state index in [2.05, 4.69) is 36.6 Å². The molecule has 0 aromatic heterocycles. The summed E-state index contributed by atoms with van der Waals surface area (Å²) in [6.07, 6.45) is 2.24. The van der Waals surface area contributed by atoms with Crippen LogP contribution in [0.1, 0.15) is 57.7 Å². The molecule has 0 unspecified atom stereocenters. The molecule has 5 nitrogen and oxygen atoms in total. The van der Waals surface area contributed by atoms with Gasteiger partial charge in [-0.25, -0.2) is 0 Å². The summed E-state index contributed by atoms with van der Waals surface area (Å²) in [5.74, 6) is 0.0184. The minimum atomic E-state index is -0.373. The zero-order valence-electron chi connectivity index (χ0n) is 15.6. The molecule has 0 bridgehead atoms. The van der Waals surface area contributed by atoms with Gasteiger partial charge in [-0.2, -0.15) is 0 Å². The van der Waals surface area contributed by atoms with Crippen LogP contribution in [0.5, 0.6) is 0 Å². The first-order chi connectivity index (χ1) is 11.9. The standard InChI is InChI=1S/C20H29N3O2/c1-12(2)21-16-11-14-7-5-6-8-15(14)17-9-10-18(23(17)20(16)25)19(24)22-13(3)4/h5-8,12-13,16-18,21H,9-11H2,1-4H3,(H,22,24)/t16-,17-,18-/m0/s1. The van der Waals surface area contributed by atoms with E-state index in [1.165, 1.54) is 11.1 Å². The summed E-state index contributed by atoms with van der Waals surface area (Å²) < 4.78 is 0. The predicted molar refractivity (Wildman–Crippen MR) is 98.1 cm³/mol. The van der Waals surface area contributed by atoms with Crippen LogP contribution in [0, 0.1) is 0 Å². The fourth-order valence-electron chi connectivity index (χ4n) is 4.13. The molecule has 136 valence electrons. The average Bonchev–Trinajstić information content (AvgIpc) is 2.93. The molecule has 0 aliphatic carbocycles. The Morgan fingerprint density at radius 1 is 1.12 bits per heavy atom. The van der Waals surface area contributed by atoms with Crippen molar-refractivity contribution < 1.29 is 9.59 Å². The lowest BCUT2D eigenvalue weighted by Crippen LogP contribution is -2.54. The van der Waals surface area contributed by atoms with Gasteiger partial charge in [0.1, 0.15) is 6.04 Å². The third-order valence-electron chi connectivity index (χ3n) is 5.04. The van der Waals surface area contributed by atoms with Crippen molar-refractivity contribution in [1.29, 1.82) is 0 Å². The Morgan fingerprint density at radius 2 is 1.84 bits per heavy atom. The lowest BCUT2D eigenvalue weighted by molar-refractivity contribution is -0.142. The smallest absolute Gasteiger partial charge is 0.243 e. The van der Waals surface area contributed by atoms with E-state index in [0.29, 0.717) is 6.42 Å². The fourth-order valence-corrected chi connectivity index (χ4v) is 4.13. The van der Waals surface area contributed by atoms with E-state index in [0.717, 1.165) is 12.8 Å². The van der Waals surface area contributed by atoms with Crippen molar-refractivity contribution >= 4 is 11.8 Å². The largest absolute Gasteiger partial charge is 0.352 e. The van der Waals surface area contributed by atoms with E-state index in [9.17, 15) is 9.59 Å². The molecule has 2 N–H and O–H groups in total. The van der Waals surface area contributed by atoms with Crippen molar-refractivity contribution in [2.45, 2.75) is 77.2 Å². The quantitative estimate of drug-likeness (QED) is 0.881. The second-order valence-electron chi connectivity index (χ2n) is 7.79. The molecule has 1 aromatic carbocycles. The van der Waals surface area contributed by atoms with Crippen LogP contribution in [0.25, 0.3) is 0 Å². The zero-order valence-corrected chi connectivity index (χ0v) is 15.6. The van der Waals surface area contributed by atoms with Gasteiger partial charge in [-0.05, 0) is 44.2 Å². The Labute approximate surface area is 150 Å². The second kappa shape index (κ2) is 7.16. The van der Waals surface area contributed by atoms with Gasteiger partial charge in [0.2, 0.25) is 11.8 Å². The molecule has 0 radical (unpaired) electrons. The van der Waals surface area contributed by atoms with Gasteiger partial charge in [0.05, 0.1) is 12.1 Å². The third-order valence-corrected chi connectivity index (χ3v) is 5.04. The molecular formula is C20H29N3O2. The van der Waals surface area contributed by atoms with Gasteiger partial charge in [-0.3, -0.25) is 9.59 Å². The molecule has 0 saturated carbocycles. The summed E-state index contributed by atoms with van der Waals surface area (Å²) in [7, 11) is 0. The van der Waals surface area contributed by atoms with Gasteiger partial charge in [-0.1, -0.05) is 38.1 Å². The van der Waals surface area contributed by atoms with Crippen LogP contribution >= 0.6 is 0 Å². The molecular weight excluding hydrogens is 314 g/mol. The number of carbonyl (C=O) groups is 2. The molecule has 0 spiro atoms. The van der Waals surface area contributed by atoms with Crippen molar-refractivity contribution in [2.24, 2.45) is 0 Å². The number of nitrogens with one attached hydrogen (secondary N) is 2. The van der Waals surface area contributed by atoms with E-state index in [1.807, 2.05) is 30.9 Å². The zero-order chi connectivity index (χ0) is 18.1. The molecule has 3 rings (SSSR count). The summed E-state index contributed by atoms with van der Waals surface area (Å²) in [5, 5.41) is 6.39. The maximum atomic E-state index is 13.3. The maximum Gasteiger partial charge on any atom is 0.243 e. The lowest BCUT2D eigenvalue weighted by Gasteiger charge is -2.32. The van der Waals surface area contributed by atoms with Crippen LogP contribution in [0.3, 0.4) is 0 Å². The summed E-state index contributed by atoms with van der Waals surface area (Å²) in [6, 6.07) is 7.92. The van der Waals surface area contributed by atoms with Gasteiger partial charge >= 0.3 is 0 Å². The van der Waals surface area contributed by atoms with Crippen molar-refractivity contribution in [2.75, 3.05) is 0 Å². The summed E-state index contributed by atoms with van der Waals surface area (Å²) >= 11 is 0. The maximum absolute atomic E-state index is 13.3. The molecule has 2 amide bonds. The number of hydrogen-bond acceptors (Lipinski definition) is 3. The van der Waals surface area contributed by atoms with E-state index in [-0.39, 0.29) is 42.0 Å². The van der Waals surface area contributed by atoms with Gasteiger partial charge < -0.3 is 15.5 Å². The Bertz CT molecular complexity index is 656. The Morgan fingerprint density at radius 3 is 2.52 bits per heavy atom. The lowest BCUT2D eigenvalue weighted by atomic mass is 9.96. The van der Waals surface area contributed by atoms with E-state index in [1.54, 1.807) is 0 Å². The van der Waals surface area contributed by atoms with Crippen LogP contribution in [0.2, 0.25) is 0 Å². The van der Waals surface area contributed by atoms with Crippen molar-refractivity contribution in [3.8, 4) is 0 Å². The van der Waals surface area contributed by atoms with Gasteiger partial charge in [0, 0.05) is 12.1 Å². The van der Waals surface area contributed by atoms with Crippen LogP contribution in [0.15, 0.2) is 24.3 Å². The first kappa shape index (κ1) is 17.9. The highest BCUT2D eigenvalue weighted by molar-refractivity contribution is 5.91. The number of amides is 2. The number of carbonyl (C=O) groups excluding carboxylic acids is 2. The van der Waals surface area contributed by atoms with Crippen LogP contribution in [-0.4, -0.2) is 40.9 Å². The fraction of sp³-hybridized carbons (Fsp3) is 0.600. The summed E-state index contributed by atoms with van der Waals surface area (Å²) in [5.41, 5.74) is 2.41. The molecule has 2 aliphatic heterocycles. The number of rotatable bonds is 4. The highest BCUT2D eigenvalue weighted by atomic mass is 16.2. The molecule has 2 aliphatic rings. The van der Waals surface area contributed by atoms with E-state index in [4.69, 9.17) is 0 Å². The average molecular weight is 343 g/mol. The van der Waals surface area contributed by atoms with E-state index >= 15 is 0 Å². The number of nitrogens with zero attached hydrogens (tertiary/aromatic N) is 1. The van der Waals surface area contributed by atoms with Crippen molar-refractivity contribution in [3.63, 3.8) is 0 Å². The highest BCUT2D eigenvalue weighted by Crippen LogP contribution is 2.40. The van der Waals surface area contributed by atoms with E-state index < -0.39 is 0 Å². The third kappa shape index (κ3) is 3.56. The summed E-state index contributed by atoms with van der Waals surface area (Å²) in [4.78, 5) is 27.8. The molecule has 5 heteroatoms. The minimum Gasteiger partial charge on any atom is -0.352 e. The van der Waals surface area contributed by atoms with Gasteiger partial charge in [0.15, 0.2) is 0 Å². The summed E-state index contributed by atoms with van der Waals surface area (Å²) in [6.45, 7) is 8.00. The molecule has 1 saturated heterocycles. The molecule has 3 atom stereocenters. The van der Waals surface area contributed by atoms with Gasteiger partial charge in [-0.15, -0.1) is 0 Å². The Hall–Kier alpha value is -1.88. The number of benzene rings is 1. The molecule has 1 aromatic rings. The number of fused-ring (bicyclic) bond motifs is 3. The molecule has 2 heterocycles. The SMILES string of the molecule is CC(C)NC(=O)[C@@H]1CC[C@H]2c3ccccc3C[C@H](NC(C)C)C(=O)N12. The minimum absolute atomic E-state index is 0.00516. The van der Waals surface area contributed by atoms with Gasteiger partial charge in [0.25, 0.3) is 0 Å². The van der Waals surface area contributed by atoms with Crippen LogP contribution in [-0.2, 0) is 16.0 Å². The van der Waals surface area contributed by atoms with Crippen LogP contribution < -0.4 is 10.6 Å². The topological polar surface area (TPSA) is 61.4 Å². The first-order valence-electron chi connectivity index (χ1n) is 9.35. The second-order valence-corrected chi connectivity index (χ2v) is 7.79. The monoisotopic (exact) mass is 343 g/mol. The van der Waals surface area contributed by atoms with Crippen molar-refractivity contribution in [1.82, 2.24) is 15.5 Å². The number of hydrogen-bond donors (Lipinski definition) is 2. The Balaban J connectivity index is 1.97. The predicted octanol–water partition coefficient (Wildman–Crippen LogP) is 2.17. The molecule has 25 heavy (non-hydrogen) atoms. The first-order valence-corrected chi connectivity index (χ1v) is 9.35. The van der Waals surface area contributed by atoms with Crippen LogP contribution in [0.4, 0.5) is 0 Å². The molecule has 1 fully saturated rings. The van der Waals surface area contributed by atoms with Crippen molar-refractivity contribution in [3.05, 3.63) is 35.4 Å².